The fourth-order valence-electron chi connectivity index (χ4n) is 4.01. The fraction of sp³-hybridized carbons (Fsp3) is 0.375. The summed E-state index contributed by atoms with van der Waals surface area (Å²) in [6, 6.07) is 15.0. The molecule has 1 atom stereocenters. The number of carbonyl (C=O) groups excluding carboxylic acids is 1. The molecule has 1 unspecified atom stereocenters. The van der Waals surface area contributed by atoms with E-state index < -0.39 is 27.9 Å². The van der Waals surface area contributed by atoms with Crippen molar-refractivity contribution < 1.29 is 23.1 Å². The van der Waals surface area contributed by atoms with Gasteiger partial charge < -0.3 is 10.4 Å². The summed E-state index contributed by atoms with van der Waals surface area (Å²) in [7, 11) is -3.26. The number of nitrogens with zero attached hydrogens (tertiary/aromatic N) is 2. The van der Waals surface area contributed by atoms with E-state index in [2.05, 4.69) is 11.4 Å². The Hall–Kier alpha value is -3.38. The lowest BCUT2D eigenvalue weighted by Gasteiger charge is -2.24. The Labute approximate surface area is 193 Å². The molecule has 0 bridgehead atoms. The smallest absolute Gasteiger partial charge is 0.415 e. The van der Waals surface area contributed by atoms with Gasteiger partial charge in [-0.05, 0) is 41.7 Å². The van der Waals surface area contributed by atoms with E-state index in [-0.39, 0.29) is 23.2 Å². The molecule has 3 rings (SSSR count). The van der Waals surface area contributed by atoms with Crippen molar-refractivity contribution in [2.75, 3.05) is 12.3 Å². The van der Waals surface area contributed by atoms with Crippen molar-refractivity contribution in [1.82, 2.24) is 10.2 Å². The molecule has 1 saturated carbocycles. The van der Waals surface area contributed by atoms with Crippen LogP contribution in [0, 0.1) is 11.3 Å². The molecule has 2 aromatic carbocycles. The van der Waals surface area contributed by atoms with Crippen molar-refractivity contribution in [3.8, 4) is 17.2 Å². The second-order valence-corrected chi connectivity index (χ2v) is 10.3. The third kappa shape index (κ3) is 5.71. The van der Waals surface area contributed by atoms with Gasteiger partial charge in [-0.15, -0.1) is 0 Å². The van der Waals surface area contributed by atoms with Gasteiger partial charge in [0.15, 0.2) is 9.84 Å². The van der Waals surface area contributed by atoms with Gasteiger partial charge in [0.25, 0.3) is 0 Å². The maximum absolute atomic E-state index is 12.5. The van der Waals surface area contributed by atoms with E-state index in [4.69, 9.17) is 0 Å². The second-order valence-electron chi connectivity index (χ2n) is 8.01. The van der Waals surface area contributed by atoms with Crippen molar-refractivity contribution in [3.63, 3.8) is 0 Å². The summed E-state index contributed by atoms with van der Waals surface area (Å²) in [6.45, 7) is 1.60. The summed E-state index contributed by atoms with van der Waals surface area (Å²) in [4.78, 5) is 25.1. The Balaban J connectivity index is 1.67. The first-order chi connectivity index (χ1) is 15.8. The topological polar surface area (TPSA) is 128 Å². The van der Waals surface area contributed by atoms with Gasteiger partial charge in [-0.2, -0.15) is 5.26 Å². The highest BCUT2D eigenvalue weighted by Crippen LogP contribution is 2.26. The van der Waals surface area contributed by atoms with Crippen LogP contribution in [0.2, 0.25) is 0 Å². The average molecular weight is 470 g/mol. The van der Waals surface area contributed by atoms with Crippen molar-refractivity contribution in [1.29, 1.82) is 5.26 Å². The van der Waals surface area contributed by atoms with E-state index in [0.717, 1.165) is 28.9 Å². The zero-order valence-electron chi connectivity index (χ0n) is 18.4. The van der Waals surface area contributed by atoms with E-state index in [9.17, 15) is 28.4 Å². The number of carbonyl (C=O) groups is 2. The molecule has 2 aromatic rings. The van der Waals surface area contributed by atoms with Gasteiger partial charge in [-0.1, -0.05) is 56.2 Å². The Kier molecular flexibility index (Phi) is 7.71. The van der Waals surface area contributed by atoms with Crippen molar-refractivity contribution in [2.45, 2.75) is 49.5 Å². The molecule has 0 aromatic heterocycles. The van der Waals surface area contributed by atoms with Gasteiger partial charge in [0.05, 0.1) is 22.6 Å². The molecular formula is C24H27N3O5S. The van der Waals surface area contributed by atoms with Crippen LogP contribution < -0.4 is 5.32 Å². The van der Waals surface area contributed by atoms with E-state index in [1.54, 1.807) is 43.3 Å². The van der Waals surface area contributed by atoms with Crippen LogP contribution >= 0.6 is 0 Å². The second kappa shape index (κ2) is 10.5. The van der Waals surface area contributed by atoms with Crippen LogP contribution in [0.3, 0.4) is 0 Å². The minimum Gasteiger partial charge on any atom is -0.465 e. The van der Waals surface area contributed by atoms with Gasteiger partial charge in [0, 0.05) is 12.6 Å². The minimum absolute atomic E-state index is 0.00520. The lowest BCUT2D eigenvalue weighted by atomic mass is 9.97. The summed E-state index contributed by atoms with van der Waals surface area (Å²) in [5.74, 6) is -0.600. The number of carboxylic acid groups (broad SMARTS) is 1. The van der Waals surface area contributed by atoms with E-state index >= 15 is 0 Å². The molecule has 33 heavy (non-hydrogen) atoms. The van der Waals surface area contributed by atoms with Gasteiger partial charge in [0.1, 0.15) is 0 Å². The third-order valence-corrected chi connectivity index (χ3v) is 7.72. The lowest BCUT2D eigenvalue weighted by molar-refractivity contribution is 0.132. The zero-order valence-corrected chi connectivity index (χ0v) is 19.2. The van der Waals surface area contributed by atoms with E-state index in [1.807, 2.05) is 12.1 Å². The monoisotopic (exact) mass is 469 g/mol. The first-order valence-electron chi connectivity index (χ1n) is 10.9. The minimum atomic E-state index is -3.26. The van der Waals surface area contributed by atoms with Crippen LogP contribution in [-0.4, -0.2) is 48.9 Å². The highest BCUT2D eigenvalue weighted by atomic mass is 32.2. The number of hydrogen-bond donors (Lipinski definition) is 2. The summed E-state index contributed by atoms with van der Waals surface area (Å²) >= 11 is 0. The highest BCUT2D eigenvalue weighted by Gasteiger charge is 2.32. The van der Waals surface area contributed by atoms with Crippen LogP contribution in [0.5, 0.6) is 0 Å². The molecule has 1 aliphatic carbocycles. The number of imide groups is 1. The first-order valence-corrected chi connectivity index (χ1v) is 12.5. The molecule has 2 N–H and O–H groups in total. The number of nitriles is 1. The van der Waals surface area contributed by atoms with Crippen molar-refractivity contribution in [2.24, 2.45) is 0 Å². The zero-order chi connectivity index (χ0) is 24.0. The molecule has 9 heteroatoms. The number of urea groups is 1. The Morgan fingerprint density at radius 3 is 2.12 bits per heavy atom. The van der Waals surface area contributed by atoms with Crippen LogP contribution in [0.15, 0.2) is 53.4 Å². The lowest BCUT2D eigenvalue weighted by Crippen LogP contribution is -2.48. The molecule has 0 radical (unpaired) electrons. The molecule has 1 aliphatic rings. The predicted octanol–water partition coefficient (Wildman–Crippen LogP) is 4.39. The SMILES string of the molecule is CCS(=O)(=O)c1ccc(-c2ccc(C(C#N)CNC(=O)N(C(=O)O)C3CCCC3)cc2)cc1. The van der Waals surface area contributed by atoms with E-state index in [1.165, 1.54) is 0 Å². The number of sulfone groups is 1. The molecule has 174 valence electrons. The third-order valence-electron chi connectivity index (χ3n) is 5.97. The first kappa shape index (κ1) is 24.3. The average Bonchev–Trinajstić information content (AvgIpc) is 3.34. The summed E-state index contributed by atoms with van der Waals surface area (Å²) in [6.07, 6.45) is 1.83. The Morgan fingerprint density at radius 1 is 1.09 bits per heavy atom. The molecule has 8 nitrogen and oxygen atoms in total. The van der Waals surface area contributed by atoms with Crippen LogP contribution in [0.4, 0.5) is 9.59 Å². The summed E-state index contributed by atoms with van der Waals surface area (Å²) in [5, 5.41) is 21.6. The van der Waals surface area contributed by atoms with Crippen molar-refractivity contribution >= 4 is 22.0 Å². The Bertz CT molecular complexity index is 1130. The van der Waals surface area contributed by atoms with Gasteiger partial charge in [-0.3, -0.25) is 0 Å². The maximum atomic E-state index is 12.5. The highest BCUT2D eigenvalue weighted by molar-refractivity contribution is 7.91. The molecule has 1 fully saturated rings. The van der Waals surface area contributed by atoms with Gasteiger partial charge in [-0.25, -0.2) is 22.9 Å². The fourth-order valence-corrected chi connectivity index (χ4v) is 4.90. The van der Waals surface area contributed by atoms with Crippen LogP contribution in [0.1, 0.15) is 44.1 Å². The van der Waals surface area contributed by atoms with Crippen molar-refractivity contribution in [3.05, 3.63) is 54.1 Å². The number of nitrogens with one attached hydrogen (secondary N) is 1. The molecular weight excluding hydrogens is 442 g/mol. The van der Waals surface area contributed by atoms with Gasteiger partial charge >= 0.3 is 12.1 Å². The molecule has 0 spiro atoms. The van der Waals surface area contributed by atoms with E-state index in [0.29, 0.717) is 18.4 Å². The number of hydrogen-bond acceptors (Lipinski definition) is 5. The van der Waals surface area contributed by atoms with Crippen LogP contribution in [-0.2, 0) is 9.84 Å². The Morgan fingerprint density at radius 2 is 1.64 bits per heavy atom. The summed E-state index contributed by atoms with van der Waals surface area (Å²) in [5.41, 5.74) is 2.39. The number of rotatable bonds is 7. The standard InChI is InChI=1S/C24H27N3O5S/c1-2-33(31,32)22-13-11-18(12-14-22)17-7-9-19(10-8-17)20(15-25)16-26-23(28)27(24(29)30)21-5-3-4-6-21/h7-14,20-21H,2-6,16H2,1H3,(H,26,28)(H,29,30). The summed E-state index contributed by atoms with van der Waals surface area (Å²) < 4.78 is 23.9. The molecule has 0 aliphatic heterocycles. The molecule has 3 amide bonds. The normalized spacial score (nSPS) is 14.9. The molecule has 0 heterocycles. The van der Waals surface area contributed by atoms with Crippen LogP contribution in [0.25, 0.3) is 11.1 Å². The van der Waals surface area contributed by atoms with Gasteiger partial charge in [0.2, 0.25) is 0 Å². The largest absolute Gasteiger partial charge is 0.465 e. The maximum Gasteiger partial charge on any atom is 0.415 e. The number of benzene rings is 2. The quantitative estimate of drug-likeness (QED) is 0.619. The number of amides is 3. The predicted molar refractivity (Wildman–Crippen MR) is 123 cm³/mol. The molecule has 0 saturated heterocycles.